The molecule has 1 aliphatic heterocycles. The molecule has 3 heteroatoms. The molecule has 114 valence electrons. The van der Waals surface area contributed by atoms with Gasteiger partial charge in [-0.05, 0) is 48.6 Å². The average molecular weight is 286 g/mol. The van der Waals surface area contributed by atoms with Crippen LogP contribution in [0.3, 0.4) is 0 Å². The number of aryl methyl sites for hydroxylation is 1. The topological polar surface area (TPSA) is 33.2 Å². The fourth-order valence-corrected chi connectivity index (χ4v) is 3.44. The summed E-state index contributed by atoms with van der Waals surface area (Å²) >= 11 is 0. The molecule has 1 aliphatic carbocycles. The number of carbonyl (C=O) groups is 1. The maximum Gasteiger partial charge on any atom is 0.226 e. The van der Waals surface area contributed by atoms with Crippen molar-refractivity contribution in [2.45, 2.75) is 58.3 Å². The second-order valence-corrected chi connectivity index (χ2v) is 7.55. The van der Waals surface area contributed by atoms with Gasteiger partial charge in [-0.3, -0.25) is 9.78 Å². The van der Waals surface area contributed by atoms with Crippen LogP contribution in [0.4, 0.5) is 0 Å². The minimum Gasteiger partial charge on any atom is -0.342 e. The zero-order chi connectivity index (χ0) is 15.0. The zero-order valence-corrected chi connectivity index (χ0v) is 13.5. The van der Waals surface area contributed by atoms with Crippen molar-refractivity contribution in [3.63, 3.8) is 0 Å². The summed E-state index contributed by atoms with van der Waals surface area (Å²) in [6.07, 6.45) is 7.15. The first-order valence-electron chi connectivity index (χ1n) is 8.22. The van der Waals surface area contributed by atoms with Crippen molar-refractivity contribution < 1.29 is 4.79 Å². The third-order valence-corrected chi connectivity index (χ3v) is 4.89. The molecule has 3 nitrogen and oxygen atoms in total. The molecular formula is C18H26N2O. The molecule has 1 amide bonds. The minimum absolute atomic E-state index is 0.119. The van der Waals surface area contributed by atoms with Crippen molar-refractivity contribution >= 4 is 5.91 Å². The SMILES string of the molecule is CC(C)(C)c1cnc2c(c1)CC(C(=O)N1CCCC1)CC2. The Bertz CT molecular complexity index is 539. The highest BCUT2D eigenvalue weighted by atomic mass is 16.2. The van der Waals surface area contributed by atoms with E-state index in [0.717, 1.165) is 32.4 Å². The predicted octanol–water partition coefficient (Wildman–Crippen LogP) is 3.11. The fraction of sp³-hybridized carbons (Fsp3) is 0.667. The van der Waals surface area contributed by atoms with E-state index in [2.05, 4.69) is 36.7 Å². The molecule has 0 saturated carbocycles. The van der Waals surface area contributed by atoms with Crippen molar-refractivity contribution in [3.05, 3.63) is 29.1 Å². The van der Waals surface area contributed by atoms with Gasteiger partial charge >= 0.3 is 0 Å². The number of nitrogens with zero attached hydrogens (tertiary/aromatic N) is 2. The van der Waals surface area contributed by atoms with Crippen LogP contribution in [0, 0.1) is 5.92 Å². The Balaban J connectivity index is 1.79. The standard InChI is InChI=1S/C18H26N2O/c1-18(2,3)15-11-14-10-13(6-7-16(14)19-12-15)17(21)20-8-4-5-9-20/h11-13H,4-10H2,1-3H3. The molecule has 1 unspecified atom stereocenters. The number of hydrogen-bond acceptors (Lipinski definition) is 2. The van der Waals surface area contributed by atoms with Crippen LogP contribution in [0.1, 0.15) is 56.9 Å². The van der Waals surface area contributed by atoms with E-state index in [1.165, 1.54) is 29.7 Å². The number of hydrogen-bond donors (Lipinski definition) is 0. The summed E-state index contributed by atoms with van der Waals surface area (Å²) in [4.78, 5) is 19.3. The van der Waals surface area contributed by atoms with Crippen molar-refractivity contribution in [2.24, 2.45) is 5.92 Å². The molecule has 3 rings (SSSR count). The summed E-state index contributed by atoms with van der Waals surface area (Å²) in [6, 6.07) is 2.28. The minimum atomic E-state index is 0.119. The maximum absolute atomic E-state index is 12.6. The van der Waals surface area contributed by atoms with Gasteiger partial charge in [-0.15, -0.1) is 0 Å². The van der Waals surface area contributed by atoms with Crippen LogP contribution in [0.5, 0.6) is 0 Å². The number of pyridine rings is 1. The zero-order valence-electron chi connectivity index (χ0n) is 13.5. The Morgan fingerprint density at radius 1 is 1.29 bits per heavy atom. The van der Waals surface area contributed by atoms with E-state index in [0.29, 0.717) is 5.91 Å². The van der Waals surface area contributed by atoms with Crippen LogP contribution >= 0.6 is 0 Å². The average Bonchev–Trinajstić information content (AvgIpc) is 2.98. The Morgan fingerprint density at radius 2 is 2.00 bits per heavy atom. The van der Waals surface area contributed by atoms with Crippen molar-refractivity contribution in [1.29, 1.82) is 0 Å². The second kappa shape index (κ2) is 5.43. The number of aromatic nitrogens is 1. The molecule has 21 heavy (non-hydrogen) atoms. The van der Waals surface area contributed by atoms with E-state index in [4.69, 9.17) is 0 Å². The van der Waals surface area contributed by atoms with Crippen molar-refractivity contribution in [2.75, 3.05) is 13.1 Å². The first-order chi connectivity index (χ1) is 9.95. The normalized spacial score (nSPS) is 22.2. The summed E-state index contributed by atoms with van der Waals surface area (Å²) in [7, 11) is 0. The second-order valence-electron chi connectivity index (χ2n) is 7.55. The van der Waals surface area contributed by atoms with Gasteiger partial charge in [0.25, 0.3) is 0 Å². The number of likely N-dealkylation sites (tertiary alicyclic amines) is 1. The monoisotopic (exact) mass is 286 g/mol. The van der Waals surface area contributed by atoms with Gasteiger partial charge in [-0.2, -0.15) is 0 Å². The van der Waals surface area contributed by atoms with Gasteiger partial charge in [0.05, 0.1) is 0 Å². The van der Waals surface area contributed by atoms with E-state index >= 15 is 0 Å². The van der Waals surface area contributed by atoms with Gasteiger partial charge in [-0.25, -0.2) is 0 Å². The Morgan fingerprint density at radius 3 is 2.67 bits per heavy atom. The highest BCUT2D eigenvalue weighted by Crippen LogP contribution is 2.30. The van der Waals surface area contributed by atoms with Gasteiger partial charge in [0, 0.05) is 30.9 Å². The van der Waals surface area contributed by atoms with Gasteiger partial charge in [0.2, 0.25) is 5.91 Å². The lowest BCUT2D eigenvalue weighted by Gasteiger charge is -2.28. The fourth-order valence-electron chi connectivity index (χ4n) is 3.44. The molecule has 1 atom stereocenters. The molecule has 0 spiro atoms. The summed E-state index contributed by atoms with van der Waals surface area (Å²) in [5, 5.41) is 0. The van der Waals surface area contributed by atoms with Crippen LogP contribution in [0.15, 0.2) is 12.3 Å². The molecule has 0 bridgehead atoms. The largest absolute Gasteiger partial charge is 0.342 e. The molecule has 2 heterocycles. The van der Waals surface area contributed by atoms with Gasteiger partial charge in [0.15, 0.2) is 0 Å². The highest BCUT2D eigenvalue weighted by Gasteiger charge is 2.30. The van der Waals surface area contributed by atoms with Crippen molar-refractivity contribution in [1.82, 2.24) is 9.88 Å². The third-order valence-electron chi connectivity index (χ3n) is 4.89. The Hall–Kier alpha value is -1.38. The van der Waals surface area contributed by atoms with Crippen molar-refractivity contribution in [3.8, 4) is 0 Å². The summed E-state index contributed by atoms with van der Waals surface area (Å²) in [5.41, 5.74) is 3.89. The summed E-state index contributed by atoms with van der Waals surface area (Å²) < 4.78 is 0. The number of fused-ring (bicyclic) bond motifs is 1. The molecule has 1 aromatic rings. The van der Waals surface area contributed by atoms with Crippen LogP contribution in [0.25, 0.3) is 0 Å². The first kappa shape index (κ1) is 14.6. The van der Waals surface area contributed by atoms with E-state index in [-0.39, 0.29) is 11.3 Å². The molecule has 1 saturated heterocycles. The van der Waals surface area contributed by atoms with Crippen LogP contribution in [-0.4, -0.2) is 28.9 Å². The Kier molecular flexibility index (Phi) is 3.76. The quantitative estimate of drug-likeness (QED) is 0.795. The number of carbonyl (C=O) groups excluding carboxylic acids is 1. The lowest BCUT2D eigenvalue weighted by atomic mass is 9.81. The van der Waals surface area contributed by atoms with Gasteiger partial charge in [0.1, 0.15) is 0 Å². The van der Waals surface area contributed by atoms with E-state index in [1.54, 1.807) is 0 Å². The lowest BCUT2D eigenvalue weighted by molar-refractivity contribution is -0.134. The van der Waals surface area contributed by atoms with E-state index in [9.17, 15) is 4.79 Å². The highest BCUT2D eigenvalue weighted by molar-refractivity contribution is 5.79. The molecule has 1 aromatic heterocycles. The number of rotatable bonds is 1. The van der Waals surface area contributed by atoms with Crippen LogP contribution < -0.4 is 0 Å². The molecule has 2 aliphatic rings. The molecule has 0 N–H and O–H groups in total. The van der Waals surface area contributed by atoms with E-state index < -0.39 is 0 Å². The van der Waals surface area contributed by atoms with Gasteiger partial charge in [-0.1, -0.05) is 26.8 Å². The molecule has 0 radical (unpaired) electrons. The number of amides is 1. The summed E-state index contributed by atoms with van der Waals surface area (Å²) in [5.74, 6) is 0.548. The molecule has 0 aromatic carbocycles. The van der Waals surface area contributed by atoms with E-state index in [1.807, 2.05) is 6.20 Å². The third kappa shape index (κ3) is 2.97. The van der Waals surface area contributed by atoms with Crippen LogP contribution in [-0.2, 0) is 23.1 Å². The first-order valence-corrected chi connectivity index (χ1v) is 8.22. The Labute approximate surface area is 127 Å². The smallest absolute Gasteiger partial charge is 0.226 e. The lowest BCUT2D eigenvalue weighted by Crippen LogP contribution is -2.36. The summed E-state index contributed by atoms with van der Waals surface area (Å²) in [6.45, 7) is 8.56. The molecular weight excluding hydrogens is 260 g/mol. The van der Waals surface area contributed by atoms with Gasteiger partial charge < -0.3 is 4.90 Å². The molecule has 1 fully saturated rings. The predicted molar refractivity (Wildman–Crippen MR) is 84.3 cm³/mol. The van der Waals surface area contributed by atoms with Crippen LogP contribution in [0.2, 0.25) is 0 Å². The maximum atomic E-state index is 12.6.